The van der Waals surface area contributed by atoms with Crippen LogP contribution in [0.3, 0.4) is 0 Å². The third kappa shape index (κ3) is 5.11. The molecule has 0 bridgehead atoms. The molecule has 5 heteroatoms. The Morgan fingerprint density at radius 3 is 2.64 bits per heavy atom. The molecule has 0 spiro atoms. The minimum Gasteiger partial charge on any atom is -0.302 e. The summed E-state index contributed by atoms with van der Waals surface area (Å²) in [4.78, 5) is 9.27. The van der Waals surface area contributed by atoms with Crippen molar-refractivity contribution in [1.82, 2.24) is 0 Å². The molecule has 1 saturated heterocycles. The van der Waals surface area contributed by atoms with Gasteiger partial charge in [0.2, 0.25) is 0 Å². The predicted molar refractivity (Wildman–Crippen MR) is 54.0 cm³/mol. The van der Waals surface area contributed by atoms with Crippen molar-refractivity contribution in [1.29, 1.82) is 0 Å². The predicted octanol–water partition coefficient (Wildman–Crippen LogP) is 2.86. The largest absolute Gasteiger partial charge is 0.472 e. The molecule has 0 amide bonds. The van der Waals surface area contributed by atoms with E-state index >= 15 is 0 Å². The van der Waals surface area contributed by atoms with Crippen LogP contribution >= 0.6 is 7.82 Å². The summed E-state index contributed by atoms with van der Waals surface area (Å²) in [5.74, 6) is 0. The second kappa shape index (κ2) is 5.86. The van der Waals surface area contributed by atoms with Crippen molar-refractivity contribution in [3.63, 3.8) is 0 Å². The quantitative estimate of drug-likeness (QED) is 0.640. The molecule has 1 N–H and O–H groups in total. The Bertz CT molecular complexity index is 207. The first-order chi connectivity index (χ1) is 6.60. The van der Waals surface area contributed by atoms with E-state index in [1.165, 1.54) is 12.8 Å². The smallest absolute Gasteiger partial charge is 0.302 e. The zero-order chi connectivity index (χ0) is 10.4. The van der Waals surface area contributed by atoms with Crippen LogP contribution in [0, 0.1) is 0 Å². The van der Waals surface area contributed by atoms with E-state index in [-0.39, 0.29) is 6.10 Å². The minimum atomic E-state index is -3.78. The van der Waals surface area contributed by atoms with Gasteiger partial charge in [0.15, 0.2) is 0 Å². The van der Waals surface area contributed by atoms with Crippen LogP contribution in [0.1, 0.15) is 45.4 Å². The molecule has 4 nitrogen and oxygen atoms in total. The van der Waals surface area contributed by atoms with Gasteiger partial charge in [0.05, 0.1) is 12.7 Å². The summed E-state index contributed by atoms with van der Waals surface area (Å²) in [5.41, 5.74) is 0. The standard InChI is InChI=1S/C9H19O4P/c1-9-7-5-3-2-4-6-8-12-14(10,11)13-9/h9H,2-8H2,1H3,(H,10,11). The van der Waals surface area contributed by atoms with E-state index in [9.17, 15) is 9.46 Å². The van der Waals surface area contributed by atoms with Gasteiger partial charge in [0.1, 0.15) is 0 Å². The highest BCUT2D eigenvalue weighted by atomic mass is 31.2. The van der Waals surface area contributed by atoms with Gasteiger partial charge in [-0.3, -0.25) is 9.05 Å². The molecular formula is C9H19O4P. The maximum atomic E-state index is 11.3. The molecule has 2 atom stereocenters. The Morgan fingerprint density at radius 1 is 1.21 bits per heavy atom. The monoisotopic (exact) mass is 222 g/mol. The van der Waals surface area contributed by atoms with Gasteiger partial charge >= 0.3 is 7.82 Å². The minimum absolute atomic E-state index is 0.191. The van der Waals surface area contributed by atoms with Gasteiger partial charge in [0.25, 0.3) is 0 Å². The highest BCUT2D eigenvalue weighted by Gasteiger charge is 2.24. The number of rotatable bonds is 0. The van der Waals surface area contributed by atoms with E-state index < -0.39 is 7.82 Å². The molecule has 14 heavy (non-hydrogen) atoms. The number of phosphoric acid groups is 1. The second-order valence-corrected chi connectivity index (χ2v) is 5.18. The number of hydrogen-bond acceptors (Lipinski definition) is 3. The molecule has 84 valence electrons. The van der Waals surface area contributed by atoms with Crippen LogP contribution in [0.5, 0.6) is 0 Å². The fraction of sp³-hybridized carbons (Fsp3) is 1.00. The molecule has 0 radical (unpaired) electrons. The normalized spacial score (nSPS) is 37.4. The fourth-order valence-corrected chi connectivity index (χ4v) is 2.54. The molecule has 0 aromatic rings. The van der Waals surface area contributed by atoms with Gasteiger partial charge in [-0.1, -0.05) is 25.7 Å². The van der Waals surface area contributed by atoms with Gasteiger partial charge in [-0.05, 0) is 19.8 Å². The van der Waals surface area contributed by atoms with Gasteiger partial charge in [-0.2, -0.15) is 0 Å². The van der Waals surface area contributed by atoms with Gasteiger partial charge < -0.3 is 4.89 Å². The summed E-state index contributed by atoms with van der Waals surface area (Å²) < 4.78 is 21.1. The molecule has 1 aliphatic heterocycles. The number of phosphoric ester groups is 1. The third-order valence-corrected chi connectivity index (χ3v) is 3.46. The lowest BCUT2D eigenvalue weighted by molar-refractivity contribution is 0.108. The van der Waals surface area contributed by atoms with Crippen LogP contribution < -0.4 is 0 Å². The summed E-state index contributed by atoms with van der Waals surface area (Å²) in [6, 6.07) is 0. The van der Waals surface area contributed by atoms with Crippen molar-refractivity contribution in [2.24, 2.45) is 0 Å². The lowest BCUT2D eigenvalue weighted by Gasteiger charge is -2.16. The van der Waals surface area contributed by atoms with Crippen LogP contribution in [0.4, 0.5) is 0 Å². The zero-order valence-corrected chi connectivity index (χ0v) is 9.54. The van der Waals surface area contributed by atoms with Gasteiger partial charge in [-0.25, -0.2) is 4.57 Å². The van der Waals surface area contributed by atoms with Crippen LogP contribution in [-0.4, -0.2) is 17.6 Å². The molecule has 1 rings (SSSR count). The molecule has 1 heterocycles. The van der Waals surface area contributed by atoms with E-state index in [0.717, 1.165) is 25.7 Å². The zero-order valence-electron chi connectivity index (χ0n) is 8.65. The Morgan fingerprint density at radius 2 is 1.86 bits per heavy atom. The average Bonchev–Trinajstić information content (AvgIpc) is 2.10. The highest BCUT2D eigenvalue weighted by Crippen LogP contribution is 2.45. The van der Waals surface area contributed by atoms with Crippen molar-refractivity contribution in [2.75, 3.05) is 6.61 Å². The summed E-state index contributed by atoms with van der Waals surface area (Å²) >= 11 is 0. The SMILES string of the molecule is CC1CCCCCCCOP(=O)(O)O1. The Balaban J connectivity index is 2.44. The maximum Gasteiger partial charge on any atom is 0.472 e. The van der Waals surface area contributed by atoms with Crippen LogP contribution in [0.15, 0.2) is 0 Å². The molecule has 1 fully saturated rings. The van der Waals surface area contributed by atoms with E-state index in [0.29, 0.717) is 6.61 Å². The summed E-state index contributed by atoms with van der Waals surface area (Å²) in [7, 11) is -3.78. The number of hydrogen-bond donors (Lipinski definition) is 1. The Kier molecular flexibility index (Phi) is 5.10. The molecule has 0 aliphatic carbocycles. The van der Waals surface area contributed by atoms with Crippen LogP contribution in [0.25, 0.3) is 0 Å². The van der Waals surface area contributed by atoms with E-state index in [4.69, 9.17) is 9.05 Å². The Hall–Kier alpha value is 0.110. The second-order valence-electron chi connectivity index (χ2n) is 3.77. The van der Waals surface area contributed by atoms with E-state index in [1.807, 2.05) is 6.92 Å². The molecule has 2 unspecified atom stereocenters. The molecule has 0 saturated carbocycles. The van der Waals surface area contributed by atoms with Gasteiger partial charge in [0, 0.05) is 0 Å². The maximum absolute atomic E-state index is 11.3. The lowest BCUT2D eigenvalue weighted by atomic mass is 10.1. The topological polar surface area (TPSA) is 55.8 Å². The van der Waals surface area contributed by atoms with Gasteiger partial charge in [-0.15, -0.1) is 0 Å². The molecule has 0 aromatic carbocycles. The molecular weight excluding hydrogens is 203 g/mol. The first-order valence-corrected chi connectivity index (χ1v) is 6.75. The highest BCUT2D eigenvalue weighted by molar-refractivity contribution is 7.47. The molecule has 1 aliphatic rings. The van der Waals surface area contributed by atoms with Crippen LogP contribution in [-0.2, 0) is 13.6 Å². The Labute approximate surface area is 85.2 Å². The van der Waals surface area contributed by atoms with Crippen molar-refractivity contribution in [3.05, 3.63) is 0 Å². The van der Waals surface area contributed by atoms with E-state index in [1.54, 1.807) is 0 Å². The van der Waals surface area contributed by atoms with Crippen LogP contribution in [0.2, 0.25) is 0 Å². The summed E-state index contributed by atoms with van der Waals surface area (Å²) in [6.07, 6.45) is 5.94. The van der Waals surface area contributed by atoms with E-state index in [2.05, 4.69) is 0 Å². The van der Waals surface area contributed by atoms with Crippen molar-refractivity contribution >= 4 is 7.82 Å². The van der Waals surface area contributed by atoms with Crippen molar-refractivity contribution < 1.29 is 18.5 Å². The third-order valence-electron chi connectivity index (χ3n) is 2.32. The average molecular weight is 222 g/mol. The van der Waals surface area contributed by atoms with Crippen molar-refractivity contribution in [3.8, 4) is 0 Å². The first-order valence-electron chi connectivity index (χ1n) is 5.26. The fourth-order valence-electron chi connectivity index (χ4n) is 1.55. The summed E-state index contributed by atoms with van der Waals surface area (Å²) in [6.45, 7) is 2.13. The van der Waals surface area contributed by atoms with Crippen molar-refractivity contribution in [2.45, 2.75) is 51.6 Å². The molecule has 0 aromatic heterocycles. The first kappa shape index (κ1) is 12.2. The lowest BCUT2D eigenvalue weighted by Crippen LogP contribution is -2.07. The summed E-state index contributed by atoms with van der Waals surface area (Å²) in [5, 5.41) is 0.